The number of ether oxygens (including phenoxy) is 2. The van der Waals surface area contributed by atoms with Crippen molar-refractivity contribution in [2.75, 3.05) is 10.6 Å². The number of amides is 2. The monoisotopic (exact) mass is 1810 g/mol. The van der Waals surface area contributed by atoms with E-state index in [9.17, 15) is 264 Å². The molecule has 2 rings (SSSR count). The molecule has 0 saturated carbocycles. The van der Waals surface area contributed by atoms with Gasteiger partial charge in [-0.1, -0.05) is 24.3 Å². The van der Waals surface area contributed by atoms with Gasteiger partial charge in [0.1, 0.15) is 12.2 Å². The van der Waals surface area contributed by atoms with Crippen LogP contribution in [0.1, 0.15) is 37.8 Å². The van der Waals surface area contributed by atoms with E-state index >= 15 is 0 Å². The van der Waals surface area contributed by atoms with Crippen LogP contribution in [0.3, 0.4) is 0 Å². The van der Waals surface area contributed by atoms with Crippen molar-refractivity contribution < 1.29 is 274 Å². The number of carbonyl (C=O) groups excluding carboxylic acids is 2. The minimum absolute atomic E-state index is 0.0785. The van der Waals surface area contributed by atoms with Gasteiger partial charge in [0, 0.05) is 11.4 Å². The molecule has 2 unspecified atom stereocenters. The first-order chi connectivity index (χ1) is 48.7. The zero-order valence-corrected chi connectivity index (χ0v) is 51.4. The third kappa shape index (κ3) is 14.5. The van der Waals surface area contributed by atoms with Gasteiger partial charge in [0.25, 0.3) is 0 Å². The third-order valence-electron chi connectivity index (χ3n) is 14.8. The van der Waals surface area contributed by atoms with Gasteiger partial charge >= 0.3 is 179 Å². The Bertz CT molecular complexity index is 3440. The first-order valence-electron chi connectivity index (χ1n) is 26.8. The van der Waals surface area contributed by atoms with Gasteiger partial charge in [0.05, 0.1) is 12.8 Å². The summed E-state index contributed by atoms with van der Waals surface area (Å²) in [6.07, 6.45) is -35.9. The Kier molecular flexibility index (Phi) is 25.6. The number of halogens is 58. The number of benzene rings is 2. The van der Waals surface area contributed by atoms with Gasteiger partial charge in [-0.3, -0.25) is 10.6 Å². The van der Waals surface area contributed by atoms with Crippen molar-refractivity contribution in [2.45, 2.75) is 212 Å². The molecule has 2 N–H and O–H groups in total. The smallest absolute Gasteiger partial charge is 0.446 e. The fourth-order valence-electron chi connectivity index (χ4n) is 8.13. The molecule has 2 aromatic rings. The van der Waals surface area contributed by atoms with E-state index in [2.05, 4.69) is 9.47 Å². The number of alkyl halides is 58. The summed E-state index contributed by atoms with van der Waals surface area (Å²) in [4.78, 5) is 24.5. The lowest BCUT2D eigenvalue weighted by Crippen LogP contribution is -2.79. The van der Waals surface area contributed by atoms with E-state index in [1.165, 1.54) is 10.6 Å². The predicted octanol–water partition coefficient (Wildman–Crippen LogP) is 23.6. The highest BCUT2D eigenvalue weighted by Crippen LogP contribution is 2.73. The van der Waals surface area contributed by atoms with Crippen molar-refractivity contribution in [2.24, 2.45) is 0 Å². The molecule has 0 fully saturated rings. The lowest BCUT2D eigenvalue weighted by Gasteiger charge is -2.46. The summed E-state index contributed by atoms with van der Waals surface area (Å²) in [5, 5.41) is 2.87. The molecule has 0 aromatic heterocycles. The van der Waals surface area contributed by atoms with Gasteiger partial charge < -0.3 is 9.47 Å². The van der Waals surface area contributed by atoms with Gasteiger partial charge in [0.15, 0.2) is 0 Å². The van der Waals surface area contributed by atoms with Gasteiger partial charge in [-0.2, -0.15) is 255 Å². The van der Waals surface area contributed by atoms with Crippen LogP contribution in [0.2, 0.25) is 0 Å². The molecule has 2 atom stereocenters. The number of hydrogen-bond donors (Lipinski definition) is 2. The van der Waals surface area contributed by atoms with Crippen molar-refractivity contribution in [3.05, 3.63) is 59.7 Å². The van der Waals surface area contributed by atoms with Gasteiger partial charge in [-0.25, -0.2) is 9.59 Å². The second kappa shape index (κ2) is 28.3. The molecule has 2 amide bonds. The van der Waals surface area contributed by atoms with Crippen LogP contribution in [0.4, 0.5) is 276 Å². The van der Waals surface area contributed by atoms with Crippen LogP contribution in [0.15, 0.2) is 48.5 Å². The molecule has 0 saturated heterocycles. The maximum atomic E-state index is 14.6. The minimum Gasteiger partial charge on any atom is -0.446 e. The maximum absolute atomic E-state index is 14.6. The summed E-state index contributed by atoms with van der Waals surface area (Å²) < 4.78 is 815. The van der Waals surface area contributed by atoms with Crippen LogP contribution in [-0.4, -0.2) is 191 Å². The highest BCUT2D eigenvalue weighted by Gasteiger charge is 3.04. The van der Waals surface area contributed by atoms with Crippen LogP contribution in [0.5, 0.6) is 0 Å². The van der Waals surface area contributed by atoms with Gasteiger partial charge in [0.2, 0.25) is 0 Å². The molecule has 660 valence electrons. The summed E-state index contributed by atoms with van der Waals surface area (Å²) >= 11 is 0. The van der Waals surface area contributed by atoms with Crippen molar-refractivity contribution in [1.82, 2.24) is 0 Å². The molecule has 0 aliphatic rings. The SMILES string of the molecule is CC(CC(F)(F)C(F)(F)C(F)(F)C(F)(F)C(F)(F)C(F)(F)C(F)(F)C(F)(F)C(F)(F)C(F)(F)C(F)(F)C(F)(F)C(F)(F)C(F)(F)F)OC(=O)Nc1ccc(Cc2ccc(NC(=O)OC(C)CC(F)(F)C(F)(F)C(F)(F)C(F)(F)C(F)(F)C(F)(F)C(F)(F)C(F)(F)C(F)(F)C(F)(F)C(F)(F)C(F)(F)C(F)(F)C(F)(F)F)cc2)cc1. The number of rotatable bonds is 34. The number of carbonyl (C=O) groups is 2. The number of anilines is 2. The molecule has 0 radical (unpaired) electrons. The molecule has 6 nitrogen and oxygen atoms in total. The highest BCUT2D eigenvalue weighted by molar-refractivity contribution is 5.85. The predicted molar refractivity (Wildman–Crippen MR) is 245 cm³/mol. The largest absolute Gasteiger partial charge is 0.460 e. The van der Waals surface area contributed by atoms with E-state index < -0.39 is 221 Å². The van der Waals surface area contributed by atoms with Crippen LogP contribution in [-0.2, 0) is 15.9 Å². The van der Waals surface area contributed by atoms with E-state index in [4.69, 9.17) is 0 Å². The summed E-state index contributed by atoms with van der Waals surface area (Å²) in [6, 6.07) is 5.90. The van der Waals surface area contributed by atoms with Crippen LogP contribution < -0.4 is 10.6 Å². The van der Waals surface area contributed by atoms with E-state index in [-0.39, 0.29) is 25.0 Å². The topological polar surface area (TPSA) is 76.7 Å². The summed E-state index contributed by atoms with van der Waals surface area (Å²) in [5.41, 5.74) is -1.65. The molecule has 0 aliphatic heterocycles. The minimum atomic E-state index is -10.2. The lowest BCUT2D eigenvalue weighted by molar-refractivity contribution is -0.487. The standard InChI is InChI=1S/C49H24F58N2O4/c1-14(12-22(50,51)24(54,55)26(58,59)28(62,63)30(66,67)32(70,71)34(74,75)36(78,79)38(82,83)40(86,87)42(90,91)44(94,95)46(98,99)48(102,103)104)112-20(110)108-18-7-3-16(4-8-18)11-17-5-9-19(10-6-17)109-21(111)113-15(2)13-23(52,53)25(56,57)27(60,61)29(64,65)31(68,69)33(72,73)35(76,77)37(80,81)39(84,85)41(88,89)43(92,93)45(96,97)47(100,101)49(105,106)107/h3-10,14-15H,11-13H2,1-2H3,(H,108,110)(H,109,111). The van der Waals surface area contributed by atoms with Gasteiger partial charge in [-0.05, 0) is 55.7 Å². The van der Waals surface area contributed by atoms with Crippen LogP contribution in [0.25, 0.3) is 0 Å². The Morgan fingerprint density at radius 2 is 0.363 bits per heavy atom. The Labute approximate surface area is 579 Å². The summed E-state index contributed by atoms with van der Waals surface area (Å²) in [7, 11) is 0. The fourth-order valence-corrected chi connectivity index (χ4v) is 8.13. The molecule has 0 bridgehead atoms. The number of nitrogens with one attached hydrogen (secondary N) is 2. The normalized spacial score (nSPS) is 16.6. The van der Waals surface area contributed by atoms with Gasteiger partial charge in [-0.15, -0.1) is 0 Å². The Balaban J connectivity index is 2.30. The molecule has 64 heteroatoms. The quantitative estimate of drug-likeness (QED) is 0.0685. The average Bonchev–Trinajstić information content (AvgIpc) is 0.683. The first kappa shape index (κ1) is 102. The second-order valence-corrected chi connectivity index (χ2v) is 22.9. The summed E-state index contributed by atoms with van der Waals surface area (Å²) in [6.45, 7) is -0.446. The summed E-state index contributed by atoms with van der Waals surface area (Å²) in [5.74, 6) is -248. The molecule has 2 aromatic carbocycles. The molecular formula is C49H24F58N2O4. The fraction of sp³-hybridized carbons (Fsp3) is 0.714. The Hall–Kier alpha value is -7.08. The zero-order chi connectivity index (χ0) is 91.2. The Morgan fingerprint density at radius 3 is 0.504 bits per heavy atom. The third-order valence-corrected chi connectivity index (χ3v) is 14.8. The molecule has 0 spiro atoms. The van der Waals surface area contributed by atoms with E-state index in [0.29, 0.717) is 24.3 Å². The maximum Gasteiger partial charge on any atom is 0.460 e. The molecule has 0 heterocycles. The highest BCUT2D eigenvalue weighted by atomic mass is 19.5. The zero-order valence-electron chi connectivity index (χ0n) is 51.4. The van der Waals surface area contributed by atoms with Crippen molar-refractivity contribution in [1.29, 1.82) is 0 Å². The molecule has 0 aliphatic carbocycles. The Morgan fingerprint density at radius 1 is 0.230 bits per heavy atom. The molecule has 113 heavy (non-hydrogen) atoms. The van der Waals surface area contributed by atoms with E-state index in [0.717, 1.165) is 24.3 Å². The lowest BCUT2D eigenvalue weighted by atomic mass is 9.83. The van der Waals surface area contributed by atoms with E-state index in [1.54, 1.807) is 0 Å². The number of hydrogen-bond acceptors (Lipinski definition) is 4. The van der Waals surface area contributed by atoms with Crippen LogP contribution >= 0.6 is 0 Å². The molecular weight excluding hydrogens is 1780 g/mol. The van der Waals surface area contributed by atoms with Crippen molar-refractivity contribution in [3.63, 3.8) is 0 Å². The van der Waals surface area contributed by atoms with Crippen LogP contribution in [0, 0.1) is 0 Å². The average molecular weight is 1810 g/mol. The van der Waals surface area contributed by atoms with Crippen molar-refractivity contribution in [3.8, 4) is 0 Å². The second-order valence-electron chi connectivity index (χ2n) is 22.9. The first-order valence-corrected chi connectivity index (χ1v) is 26.8. The van der Waals surface area contributed by atoms with E-state index in [1.807, 2.05) is 0 Å². The van der Waals surface area contributed by atoms with Crippen molar-refractivity contribution >= 4 is 23.6 Å².